The maximum Gasteiger partial charge on any atom is 0.309 e. The van der Waals surface area contributed by atoms with Crippen molar-refractivity contribution in [3.63, 3.8) is 0 Å². The van der Waals surface area contributed by atoms with Crippen LogP contribution in [0.5, 0.6) is 0 Å². The van der Waals surface area contributed by atoms with Crippen molar-refractivity contribution in [2.45, 2.75) is 19.8 Å². The van der Waals surface area contributed by atoms with E-state index in [9.17, 15) is 18.0 Å². The minimum absolute atomic E-state index is 0.348. The Morgan fingerprint density at radius 1 is 1.28 bits per heavy atom. The van der Waals surface area contributed by atoms with Crippen LogP contribution in [0.1, 0.15) is 19.8 Å². The molecule has 1 saturated heterocycles. The van der Waals surface area contributed by atoms with Crippen molar-refractivity contribution in [3.8, 4) is 0 Å². The molecule has 1 amide bonds. The van der Waals surface area contributed by atoms with E-state index < -0.39 is 27.5 Å². The van der Waals surface area contributed by atoms with Crippen molar-refractivity contribution in [2.75, 3.05) is 31.7 Å². The number of hydrogen-bond acceptors (Lipinski definition) is 5. The van der Waals surface area contributed by atoms with Gasteiger partial charge in [0.1, 0.15) is 5.75 Å². The second-order valence-corrected chi connectivity index (χ2v) is 6.68. The standard InChI is InChI=1S/C11H19NO5S/c1-9(11(14)17-2)7-18(15,16)8-10(13)12-5-3-4-6-12/h9H,3-8H2,1-2H3. The first kappa shape index (κ1) is 14.9. The zero-order valence-corrected chi connectivity index (χ0v) is 11.5. The van der Waals surface area contributed by atoms with Crippen LogP contribution in [0.3, 0.4) is 0 Å². The smallest absolute Gasteiger partial charge is 0.309 e. The third-order valence-electron chi connectivity index (χ3n) is 2.91. The van der Waals surface area contributed by atoms with Gasteiger partial charge in [0, 0.05) is 13.1 Å². The van der Waals surface area contributed by atoms with E-state index in [2.05, 4.69) is 4.74 Å². The van der Waals surface area contributed by atoms with Gasteiger partial charge in [-0.25, -0.2) is 8.42 Å². The molecule has 18 heavy (non-hydrogen) atoms. The Kier molecular flexibility index (Phi) is 5.13. The number of esters is 1. The topological polar surface area (TPSA) is 80.8 Å². The predicted octanol–water partition coefficient (Wildman–Crippen LogP) is -0.167. The number of carbonyl (C=O) groups excluding carboxylic acids is 2. The Bertz CT molecular complexity index is 411. The molecule has 0 saturated carbocycles. The molecule has 1 aliphatic rings. The van der Waals surface area contributed by atoms with Crippen LogP contribution in [-0.4, -0.2) is 56.9 Å². The summed E-state index contributed by atoms with van der Waals surface area (Å²) >= 11 is 0. The van der Waals surface area contributed by atoms with Gasteiger partial charge in [0.05, 0.1) is 18.8 Å². The lowest BCUT2D eigenvalue weighted by Gasteiger charge is -2.16. The maximum atomic E-state index is 11.8. The first-order valence-corrected chi connectivity index (χ1v) is 7.74. The number of amides is 1. The fourth-order valence-electron chi connectivity index (χ4n) is 1.95. The summed E-state index contributed by atoms with van der Waals surface area (Å²) in [7, 11) is -2.36. The van der Waals surface area contributed by atoms with Crippen LogP contribution in [0.25, 0.3) is 0 Å². The van der Waals surface area contributed by atoms with Gasteiger partial charge in [0.15, 0.2) is 9.84 Å². The number of likely N-dealkylation sites (tertiary alicyclic amines) is 1. The molecule has 1 rings (SSSR count). The van der Waals surface area contributed by atoms with Gasteiger partial charge in [0.25, 0.3) is 0 Å². The molecule has 0 radical (unpaired) electrons. The zero-order valence-electron chi connectivity index (χ0n) is 10.7. The first-order valence-electron chi connectivity index (χ1n) is 5.92. The van der Waals surface area contributed by atoms with Gasteiger partial charge in [-0.05, 0) is 12.8 Å². The molecule has 7 heteroatoms. The molecular weight excluding hydrogens is 258 g/mol. The Morgan fingerprint density at radius 3 is 2.33 bits per heavy atom. The number of rotatable bonds is 5. The monoisotopic (exact) mass is 277 g/mol. The molecule has 0 N–H and O–H groups in total. The van der Waals surface area contributed by atoms with Crippen LogP contribution >= 0.6 is 0 Å². The summed E-state index contributed by atoms with van der Waals surface area (Å²) in [5, 5.41) is 0. The highest BCUT2D eigenvalue weighted by atomic mass is 32.2. The number of sulfone groups is 1. The average molecular weight is 277 g/mol. The van der Waals surface area contributed by atoms with Crippen LogP contribution in [-0.2, 0) is 24.2 Å². The van der Waals surface area contributed by atoms with E-state index in [1.54, 1.807) is 4.90 Å². The highest BCUT2D eigenvalue weighted by Crippen LogP contribution is 2.10. The summed E-state index contributed by atoms with van der Waals surface area (Å²) in [6, 6.07) is 0. The lowest BCUT2D eigenvalue weighted by Crippen LogP contribution is -2.35. The van der Waals surface area contributed by atoms with E-state index in [1.165, 1.54) is 14.0 Å². The van der Waals surface area contributed by atoms with E-state index in [0.717, 1.165) is 12.8 Å². The third-order valence-corrected chi connectivity index (χ3v) is 4.60. The molecule has 0 aromatic heterocycles. The van der Waals surface area contributed by atoms with Gasteiger partial charge in [-0.1, -0.05) is 6.92 Å². The molecule has 1 unspecified atom stereocenters. The number of nitrogens with zero attached hydrogens (tertiary/aromatic N) is 1. The summed E-state index contributed by atoms with van der Waals surface area (Å²) < 4.78 is 28.0. The summed E-state index contributed by atoms with van der Waals surface area (Å²) in [5.74, 6) is -2.56. The van der Waals surface area contributed by atoms with Crippen LogP contribution in [0.15, 0.2) is 0 Å². The van der Waals surface area contributed by atoms with Gasteiger partial charge in [0.2, 0.25) is 5.91 Å². The molecular formula is C11H19NO5S. The molecule has 1 aliphatic heterocycles. The number of carbonyl (C=O) groups is 2. The van der Waals surface area contributed by atoms with E-state index in [0.29, 0.717) is 13.1 Å². The highest BCUT2D eigenvalue weighted by molar-refractivity contribution is 7.92. The summed E-state index contributed by atoms with van der Waals surface area (Å²) in [6.45, 7) is 2.73. The number of ether oxygens (including phenoxy) is 1. The minimum Gasteiger partial charge on any atom is -0.469 e. The highest BCUT2D eigenvalue weighted by Gasteiger charge is 2.27. The lowest BCUT2D eigenvalue weighted by atomic mass is 10.2. The second-order valence-electron chi connectivity index (χ2n) is 4.57. The van der Waals surface area contributed by atoms with Gasteiger partial charge in [-0.2, -0.15) is 0 Å². The Balaban J connectivity index is 2.53. The van der Waals surface area contributed by atoms with Crippen molar-refractivity contribution in [1.29, 1.82) is 0 Å². The van der Waals surface area contributed by atoms with Crippen molar-refractivity contribution in [3.05, 3.63) is 0 Å². The zero-order chi connectivity index (χ0) is 13.8. The maximum absolute atomic E-state index is 11.8. The predicted molar refractivity (Wildman–Crippen MR) is 65.6 cm³/mol. The average Bonchev–Trinajstić information content (AvgIpc) is 2.79. The quantitative estimate of drug-likeness (QED) is 0.652. The van der Waals surface area contributed by atoms with Crippen molar-refractivity contribution < 1.29 is 22.7 Å². The Labute approximate surface area is 107 Å². The lowest BCUT2D eigenvalue weighted by molar-refractivity contribution is -0.144. The van der Waals surface area contributed by atoms with Gasteiger partial charge in [-0.15, -0.1) is 0 Å². The molecule has 1 fully saturated rings. The molecule has 0 aromatic carbocycles. The van der Waals surface area contributed by atoms with Crippen LogP contribution in [0.2, 0.25) is 0 Å². The van der Waals surface area contributed by atoms with Crippen LogP contribution in [0.4, 0.5) is 0 Å². The number of hydrogen-bond donors (Lipinski definition) is 0. The van der Waals surface area contributed by atoms with E-state index in [4.69, 9.17) is 0 Å². The molecule has 0 spiro atoms. The van der Waals surface area contributed by atoms with E-state index in [-0.39, 0.29) is 11.7 Å². The fraction of sp³-hybridized carbons (Fsp3) is 0.818. The van der Waals surface area contributed by atoms with Crippen molar-refractivity contribution >= 4 is 21.7 Å². The Hall–Kier alpha value is -1.11. The normalized spacial score (nSPS) is 17.6. The molecule has 6 nitrogen and oxygen atoms in total. The molecule has 104 valence electrons. The summed E-state index contributed by atoms with van der Waals surface area (Å²) in [6.07, 6.45) is 1.84. The first-order chi connectivity index (χ1) is 8.35. The van der Waals surface area contributed by atoms with E-state index >= 15 is 0 Å². The Morgan fingerprint density at radius 2 is 1.83 bits per heavy atom. The molecule has 1 atom stereocenters. The fourth-order valence-corrected chi connectivity index (χ4v) is 3.53. The largest absolute Gasteiger partial charge is 0.469 e. The SMILES string of the molecule is COC(=O)C(C)CS(=O)(=O)CC(=O)N1CCCC1. The van der Waals surface area contributed by atoms with Crippen LogP contribution < -0.4 is 0 Å². The summed E-state index contributed by atoms with van der Waals surface area (Å²) in [4.78, 5) is 24.4. The van der Waals surface area contributed by atoms with Crippen molar-refractivity contribution in [1.82, 2.24) is 4.90 Å². The number of methoxy groups -OCH3 is 1. The second kappa shape index (κ2) is 6.17. The van der Waals surface area contributed by atoms with Crippen molar-refractivity contribution in [2.24, 2.45) is 5.92 Å². The van der Waals surface area contributed by atoms with Gasteiger partial charge < -0.3 is 9.64 Å². The van der Waals surface area contributed by atoms with Gasteiger partial charge in [-0.3, -0.25) is 9.59 Å². The molecule has 0 aliphatic carbocycles. The molecule has 0 bridgehead atoms. The van der Waals surface area contributed by atoms with E-state index in [1.807, 2.05) is 0 Å². The molecule has 1 heterocycles. The van der Waals surface area contributed by atoms with Crippen LogP contribution in [0, 0.1) is 5.92 Å². The van der Waals surface area contributed by atoms with Gasteiger partial charge >= 0.3 is 5.97 Å². The minimum atomic E-state index is -3.56. The summed E-state index contributed by atoms with van der Waals surface area (Å²) in [5.41, 5.74) is 0. The third kappa shape index (κ3) is 4.29. The molecule has 0 aromatic rings.